The average molecular weight is 501 g/mol. The predicted octanol–water partition coefficient (Wildman–Crippen LogP) is 5.34. The Morgan fingerprint density at radius 1 is 0.946 bits per heavy atom. The lowest BCUT2D eigenvalue weighted by Crippen LogP contribution is -2.14. The van der Waals surface area contributed by atoms with E-state index in [1.54, 1.807) is 7.11 Å². The number of hydrogen-bond donors (Lipinski definition) is 2. The van der Waals surface area contributed by atoms with E-state index in [9.17, 15) is 0 Å². The van der Waals surface area contributed by atoms with Gasteiger partial charge in [0.05, 0.1) is 13.4 Å². The number of imidazole rings is 1. The van der Waals surface area contributed by atoms with Crippen molar-refractivity contribution in [1.82, 2.24) is 19.5 Å². The van der Waals surface area contributed by atoms with Crippen molar-refractivity contribution in [1.29, 1.82) is 0 Å². The molecule has 1 saturated carbocycles. The summed E-state index contributed by atoms with van der Waals surface area (Å²) in [6.45, 7) is 1.57. The lowest BCUT2D eigenvalue weighted by atomic mass is 9.95. The lowest BCUT2D eigenvalue weighted by molar-refractivity contribution is 0.174. The molecule has 1 aliphatic heterocycles. The van der Waals surface area contributed by atoms with Gasteiger partial charge in [0.15, 0.2) is 28.5 Å². The van der Waals surface area contributed by atoms with Gasteiger partial charge in [0.1, 0.15) is 5.75 Å². The van der Waals surface area contributed by atoms with Crippen LogP contribution < -0.4 is 24.8 Å². The molecule has 0 saturated heterocycles. The monoisotopic (exact) mass is 500 g/mol. The molecule has 2 aliphatic rings. The molecule has 0 spiro atoms. The minimum atomic E-state index is 0.267. The molecule has 1 fully saturated rings. The van der Waals surface area contributed by atoms with Gasteiger partial charge in [0.25, 0.3) is 0 Å². The number of anilines is 2. The van der Waals surface area contributed by atoms with Crippen LogP contribution in [0.4, 0.5) is 11.8 Å². The fourth-order valence-electron chi connectivity index (χ4n) is 5.09. The highest BCUT2D eigenvalue weighted by Gasteiger charge is 2.21. The Morgan fingerprint density at radius 3 is 2.59 bits per heavy atom. The fraction of sp³-hybridized carbons (Fsp3) is 0.393. The third kappa shape index (κ3) is 5.12. The van der Waals surface area contributed by atoms with Crippen LogP contribution in [0.3, 0.4) is 0 Å². The largest absolute Gasteiger partial charge is 0.497 e. The van der Waals surface area contributed by atoms with Crippen LogP contribution in [0.1, 0.15) is 49.3 Å². The van der Waals surface area contributed by atoms with Gasteiger partial charge in [-0.1, -0.05) is 37.5 Å². The van der Waals surface area contributed by atoms with E-state index < -0.39 is 0 Å². The molecule has 3 heterocycles. The third-order valence-electron chi connectivity index (χ3n) is 7.14. The molecule has 37 heavy (non-hydrogen) atoms. The highest BCUT2D eigenvalue weighted by atomic mass is 16.7. The smallest absolute Gasteiger partial charge is 0.231 e. The predicted molar refractivity (Wildman–Crippen MR) is 143 cm³/mol. The molecule has 0 amide bonds. The van der Waals surface area contributed by atoms with Gasteiger partial charge >= 0.3 is 0 Å². The van der Waals surface area contributed by atoms with Crippen LogP contribution in [0.15, 0.2) is 48.8 Å². The summed E-state index contributed by atoms with van der Waals surface area (Å²) in [7, 11) is 1.68. The summed E-state index contributed by atoms with van der Waals surface area (Å²) in [5.74, 6) is 3.74. The van der Waals surface area contributed by atoms with Crippen molar-refractivity contribution >= 4 is 22.9 Å². The molecule has 0 unspecified atom stereocenters. The van der Waals surface area contributed by atoms with Gasteiger partial charge in [0.2, 0.25) is 12.7 Å². The third-order valence-corrected chi connectivity index (χ3v) is 7.14. The maximum atomic E-state index is 5.52. The summed E-state index contributed by atoms with van der Waals surface area (Å²) in [4.78, 5) is 14.5. The second-order valence-corrected chi connectivity index (χ2v) is 9.58. The van der Waals surface area contributed by atoms with Crippen LogP contribution >= 0.6 is 0 Å². The summed E-state index contributed by atoms with van der Waals surface area (Å²) in [5, 5.41) is 6.93. The molecule has 9 nitrogen and oxygen atoms in total. The number of nitrogens with one attached hydrogen (secondary N) is 2. The molecule has 2 N–H and O–H groups in total. The first-order valence-electron chi connectivity index (χ1n) is 13.0. The van der Waals surface area contributed by atoms with Crippen LogP contribution in [-0.4, -0.2) is 40.0 Å². The van der Waals surface area contributed by atoms with Gasteiger partial charge in [0, 0.05) is 19.1 Å². The molecule has 0 bridgehead atoms. The first-order chi connectivity index (χ1) is 18.3. The quantitative estimate of drug-likeness (QED) is 0.318. The van der Waals surface area contributed by atoms with Crippen molar-refractivity contribution in [2.45, 2.75) is 51.1 Å². The number of rotatable bonds is 9. The highest BCUT2D eigenvalue weighted by molar-refractivity contribution is 5.84. The van der Waals surface area contributed by atoms with E-state index in [0.717, 1.165) is 65.6 Å². The minimum absolute atomic E-state index is 0.267. The van der Waals surface area contributed by atoms with E-state index in [2.05, 4.69) is 27.3 Å². The number of fused-ring (bicyclic) bond motifs is 2. The van der Waals surface area contributed by atoms with Crippen LogP contribution in [-0.2, 0) is 13.0 Å². The zero-order valence-corrected chi connectivity index (χ0v) is 21.1. The lowest BCUT2D eigenvalue weighted by Gasteiger charge is -2.23. The molecular formula is C28H32N6O3. The van der Waals surface area contributed by atoms with Crippen LogP contribution in [0, 0.1) is 0 Å². The van der Waals surface area contributed by atoms with Crippen LogP contribution in [0.2, 0.25) is 0 Å². The number of methoxy groups -OCH3 is 1. The Morgan fingerprint density at radius 2 is 1.76 bits per heavy atom. The molecule has 2 aromatic heterocycles. The zero-order valence-electron chi connectivity index (χ0n) is 21.1. The minimum Gasteiger partial charge on any atom is -0.497 e. The summed E-state index contributed by atoms with van der Waals surface area (Å²) < 4.78 is 18.5. The first kappa shape index (κ1) is 23.4. The van der Waals surface area contributed by atoms with Gasteiger partial charge in [-0.15, -0.1) is 0 Å². The highest BCUT2D eigenvalue weighted by Crippen LogP contribution is 2.34. The maximum absolute atomic E-state index is 5.52. The summed E-state index contributed by atoms with van der Waals surface area (Å²) in [6, 6.07) is 14.5. The Balaban J connectivity index is 1.23. The van der Waals surface area contributed by atoms with Gasteiger partial charge in [-0.3, -0.25) is 0 Å². The number of nitrogens with zero attached hydrogens (tertiary/aromatic N) is 4. The van der Waals surface area contributed by atoms with E-state index in [4.69, 9.17) is 29.2 Å². The van der Waals surface area contributed by atoms with Gasteiger partial charge in [-0.05, 0) is 54.7 Å². The Bertz CT molecular complexity index is 1360. The molecule has 6 rings (SSSR count). The molecular weight excluding hydrogens is 468 g/mol. The van der Waals surface area contributed by atoms with Crippen LogP contribution in [0.25, 0.3) is 11.2 Å². The fourth-order valence-corrected chi connectivity index (χ4v) is 5.09. The standard InChI is InChI=1S/C28H32N6O3/c1-35-22-10-7-19(8-11-22)13-14-29-26-25-27(34(17-31-25)21-5-3-2-4-6-21)33-28(32-26)30-16-20-9-12-23-24(15-20)37-18-36-23/h7-12,15,17,21H,2-6,13-14,16,18H2,1H3,(H2,29,30,32,33). The molecule has 192 valence electrons. The second-order valence-electron chi connectivity index (χ2n) is 9.58. The van der Waals surface area contributed by atoms with Crippen molar-refractivity contribution in [2.75, 3.05) is 31.1 Å². The Hall–Kier alpha value is -4.01. The van der Waals surface area contributed by atoms with Gasteiger partial charge < -0.3 is 29.4 Å². The zero-order chi connectivity index (χ0) is 25.0. The van der Waals surface area contributed by atoms with Crippen molar-refractivity contribution in [3.8, 4) is 17.2 Å². The maximum Gasteiger partial charge on any atom is 0.231 e. The summed E-state index contributed by atoms with van der Waals surface area (Å²) in [5.41, 5.74) is 3.99. The summed E-state index contributed by atoms with van der Waals surface area (Å²) in [6.07, 6.45) is 8.92. The molecule has 0 radical (unpaired) electrons. The number of benzene rings is 2. The molecule has 9 heteroatoms. The second kappa shape index (κ2) is 10.5. The molecule has 1 aliphatic carbocycles. The van der Waals surface area contributed by atoms with Gasteiger partial charge in [-0.25, -0.2) is 4.98 Å². The van der Waals surface area contributed by atoms with E-state index in [0.29, 0.717) is 18.5 Å². The van der Waals surface area contributed by atoms with E-state index >= 15 is 0 Å². The Labute approximate surface area is 216 Å². The van der Waals surface area contributed by atoms with Crippen molar-refractivity contribution in [3.05, 3.63) is 59.9 Å². The molecule has 2 aromatic carbocycles. The van der Waals surface area contributed by atoms with Crippen molar-refractivity contribution in [3.63, 3.8) is 0 Å². The molecule has 4 aromatic rings. The van der Waals surface area contributed by atoms with E-state index in [-0.39, 0.29) is 6.79 Å². The SMILES string of the molecule is COc1ccc(CCNc2nc(NCc3ccc4c(c3)OCO4)nc3c2ncn3C2CCCCC2)cc1. The van der Waals surface area contributed by atoms with Crippen molar-refractivity contribution < 1.29 is 14.2 Å². The number of aromatic nitrogens is 4. The number of hydrogen-bond acceptors (Lipinski definition) is 8. The first-order valence-corrected chi connectivity index (χ1v) is 13.0. The summed E-state index contributed by atoms with van der Waals surface area (Å²) >= 11 is 0. The van der Waals surface area contributed by atoms with Crippen LogP contribution in [0.5, 0.6) is 17.2 Å². The van der Waals surface area contributed by atoms with E-state index in [1.807, 2.05) is 36.7 Å². The van der Waals surface area contributed by atoms with E-state index in [1.165, 1.54) is 24.8 Å². The topological polar surface area (TPSA) is 95.3 Å². The molecule has 0 atom stereocenters. The normalized spacial score (nSPS) is 15.2. The van der Waals surface area contributed by atoms with Crippen molar-refractivity contribution in [2.24, 2.45) is 0 Å². The Kier molecular flexibility index (Phi) is 6.66. The number of ether oxygens (including phenoxy) is 3. The van der Waals surface area contributed by atoms with Gasteiger partial charge in [-0.2, -0.15) is 9.97 Å². The average Bonchev–Trinajstić information content (AvgIpc) is 3.60.